The molecule has 0 aromatic heterocycles. The van der Waals surface area contributed by atoms with Crippen LogP contribution in [0, 0.1) is 0 Å². The smallest absolute Gasteiger partial charge is 0.190 e. The van der Waals surface area contributed by atoms with Crippen LogP contribution in [-0.2, 0) is 0 Å². The molecule has 0 fully saturated rings. The van der Waals surface area contributed by atoms with Gasteiger partial charge < -0.3 is 5.11 Å². The highest BCUT2D eigenvalue weighted by atomic mass is 16.3. The van der Waals surface area contributed by atoms with Crippen LogP contribution >= 0.6 is 0 Å². The third kappa shape index (κ3) is 2.70. The van der Waals surface area contributed by atoms with Gasteiger partial charge in [0.2, 0.25) is 0 Å². The summed E-state index contributed by atoms with van der Waals surface area (Å²) in [6, 6.07) is 20.5. The van der Waals surface area contributed by atoms with E-state index in [1.807, 2.05) is 60.7 Å². The number of carbonyl (C=O) groups is 1. The van der Waals surface area contributed by atoms with Crippen molar-refractivity contribution in [3.63, 3.8) is 0 Å². The molecule has 0 radical (unpaired) electrons. The Kier molecular flexibility index (Phi) is 3.52. The second kappa shape index (κ2) is 5.63. The molecule has 2 heteroatoms. The maximum atomic E-state index is 12.4. The molecule has 0 spiro atoms. The van der Waals surface area contributed by atoms with Crippen LogP contribution in [-0.4, -0.2) is 10.9 Å². The molecule has 0 aliphatic rings. The molecule has 0 unspecified atom stereocenters. The Labute approximate surface area is 123 Å². The average molecular weight is 274 g/mol. The number of allylic oxidation sites excluding steroid dienone is 1. The number of phenolic OH excluding ortho intramolecular Hbond substituents is 1. The number of benzene rings is 3. The summed E-state index contributed by atoms with van der Waals surface area (Å²) in [5.41, 5.74) is 1.30. The van der Waals surface area contributed by atoms with Crippen molar-refractivity contribution in [3.05, 3.63) is 83.9 Å². The van der Waals surface area contributed by atoms with Crippen molar-refractivity contribution in [1.29, 1.82) is 0 Å². The quantitative estimate of drug-likeness (QED) is 0.566. The van der Waals surface area contributed by atoms with E-state index in [-0.39, 0.29) is 11.5 Å². The molecule has 0 heterocycles. The molecule has 2 nitrogen and oxygen atoms in total. The van der Waals surface area contributed by atoms with Gasteiger partial charge in [-0.15, -0.1) is 0 Å². The first-order chi connectivity index (χ1) is 10.3. The lowest BCUT2D eigenvalue weighted by molar-refractivity contribution is 0.104. The van der Waals surface area contributed by atoms with Crippen LogP contribution in [0.25, 0.3) is 16.8 Å². The summed E-state index contributed by atoms with van der Waals surface area (Å²) in [4.78, 5) is 12.4. The number of aromatic hydroxyl groups is 1. The van der Waals surface area contributed by atoms with Gasteiger partial charge in [0.15, 0.2) is 5.78 Å². The summed E-state index contributed by atoms with van der Waals surface area (Å²) in [6.45, 7) is 0. The minimum atomic E-state index is -0.201. The van der Waals surface area contributed by atoms with Crippen molar-refractivity contribution < 1.29 is 9.90 Å². The van der Waals surface area contributed by atoms with Gasteiger partial charge in [-0.3, -0.25) is 4.79 Å². The van der Waals surface area contributed by atoms with Gasteiger partial charge in [0, 0.05) is 0 Å². The van der Waals surface area contributed by atoms with Crippen LogP contribution in [0.3, 0.4) is 0 Å². The standard InChI is InChI=1S/C19H14O2/c20-17(12-10-14-6-2-1-3-7-14)19-16-9-5-4-8-15(16)11-13-18(19)21/h1-13,21H/b12-10+. The summed E-state index contributed by atoms with van der Waals surface area (Å²) < 4.78 is 0. The number of ketones is 1. The molecule has 102 valence electrons. The fourth-order valence-corrected chi connectivity index (χ4v) is 2.34. The monoisotopic (exact) mass is 274 g/mol. The maximum Gasteiger partial charge on any atom is 0.190 e. The van der Waals surface area contributed by atoms with Gasteiger partial charge in [-0.25, -0.2) is 0 Å². The van der Waals surface area contributed by atoms with Crippen LogP contribution < -0.4 is 0 Å². The summed E-state index contributed by atoms with van der Waals surface area (Å²) in [5.74, 6) is -0.190. The first-order valence-electron chi connectivity index (χ1n) is 6.74. The van der Waals surface area contributed by atoms with E-state index in [0.29, 0.717) is 5.56 Å². The van der Waals surface area contributed by atoms with E-state index in [0.717, 1.165) is 16.3 Å². The van der Waals surface area contributed by atoms with Crippen molar-refractivity contribution in [2.45, 2.75) is 0 Å². The summed E-state index contributed by atoms with van der Waals surface area (Å²) in [7, 11) is 0. The lowest BCUT2D eigenvalue weighted by Gasteiger charge is -2.06. The average Bonchev–Trinajstić information content (AvgIpc) is 2.53. The Morgan fingerprint density at radius 2 is 1.57 bits per heavy atom. The van der Waals surface area contributed by atoms with Crippen LogP contribution in [0.1, 0.15) is 15.9 Å². The number of phenols is 1. The van der Waals surface area contributed by atoms with E-state index in [1.165, 1.54) is 6.08 Å². The molecule has 3 aromatic carbocycles. The predicted molar refractivity (Wildman–Crippen MR) is 85.4 cm³/mol. The number of hydrogen-bond donors (Lipinski definition) is 1. The lowest BCUT2D eigenvalue weighted by atomic mass is 9.99. The van der Waals surface area contributed by atoms with Gasteiger partial charge >= 0.3 is 0 Å². The van der Waals surface area contributed by atoms with E-state index < -0.39 is 0 Å². The molecule has 0 atom stereocenters. The van der Waals surface area contributed by atoms with Crippen LogP contribution in [0.4, 0.5) is 0 Å². The minimum Gasteiger partial charge on any atom is -0.507 e. The number of fused-ring (bicyclic) bond motifs is 1. The van der Waals surface area contributed by atoms with E-state index >= 15 is 0 Å². The summed E-state index contributed by atoms with van der Waals surface area (Å²) >= 11 is 0. The lowest BCUT2D eigenvalue weighted by Crippen LogP contribution is -1.96. The summed E-state index contributed by atoms with van der Waals surface area (Å²) in [6.07, 6.45) is 3.25. The number of rotatable bonds is 3. The Bertz CT molecular complexity index is 817. The molecule has 3 rings (SSSR count). The third-order valence-electron chi connectivity index (χ3n) is 3.38. The number of carbonyl (C=O) groups excluding carboxylic acids is 1. The largest absolute Gasteiger partial charge is 0.507 e. The second-order valence-corrected chi connectivity index (χ2v) is 4.79. The Morgan fingerprint density at radius 1 is 0.857 bits per heavy atom. The fourth-order valence-electron chi connectivity index (χ4n) is 2.34. The molecule has 21 heavy (non-hydrogen) atoms. The van der Waals surface area contributed by atoms with Gasteiger partial charge in [0.1, 0.15) is 5.75 Å². The van der Waals surface area contributed by atoms with Crippen molar-refractivity contribution >= 4 is 22.6 Å². The third-order valence-corrected chi connectivity index (χ3v) is 3.38. The van der Waals surface area contributed by atoms with Crippen LogP contribution in [0.15, 0.2) is 72.8 Å². The SMILES string of the molecule is O=C(/C=C/c1ccccc1)c1c(O)ccc2ccccc12. The molecule has 0 saturated carbocycles. The van der Waals surface area contributed by atoms with Crippen molar-refractivity contribution in [1.82, 2.24) is 0 Å². The molecule has 1 N–H and O–H groups in total. The van der Waals surface area contributed by atoms with Crippen molar-refractivity contribution in [3.8, 4) is 5.75 Å². The zero-order valence-electron chi connectivity index (χ0n) is 11.4. The van der Waals surface area contributed by atoms with Gasteiger partial charge in [0.05, 0.1) is 5.56 Å². The molecule has 3 aromatic rings. The molecular weight excluding hydrogens is 260 g/mol. The first kappa shape index (κ1) is 13.1. The normalized spacial score (nSPS) is 11.0. The van der Waals surface area contributed by atoms with Gasteiger partial charge in [-0.1, -0.05) is 66.7 Å². The van der Waals surface area contributed by atoms with E-state index in [4.69, 9.17) is 0 Å². The highest BCUT2D eigenvalue weighted by Gasteiger charge is 2.12. The molecule has 0 aliphatic carbocycles. The molecule has 0 amide bonds. The summed E-state index contributed by atoms with van der Waals surface area (Å²) in [5, 5.41) is 11.7. The maximum absolute atomic E-state index is 12.4. The Morgan fingerprint density at radius 3 is 2.38 bits per heavy atom. The molecule has 0 bridgehead atoms. The highest BCUT2D eigenvalue weighted by molar-refractivity contribution is 6.16. The fraction of sp³-hybridized carbons (Fsp3) is 0. The van der Waals surface area contributed by atoms with Gasteiger partial charge in [-0.2, -0.15) is 0 Å². The van der Waals surface area contributed by atoms with Crippen LogP contribution in [0.2, 0.25) is 0 Å². The zero-order valence-corrected chi connectivity index (χ0v) is 11.4. The molecular formula is C19H14O2. The van der Waals surface area contributed by atoms with Crippen molar-refractivity contribution in [2.75, 3.05) is 0 Å². The number of hydrogen-bond acceptors (Lipinski definition) is 2. The van der Waals surface area contributed by atoms with Crippen LogP contribution in [0.5, 0.6) is 5.75 Å². The van der Waals surface area contributed by atoms with Gasteiger partial charge in [0.25, 0.3) is 0 Å². The first-order valence-corrected chi connectivity index (χ1v) is 6.74. The predicted octanol–water partition coefficient (Wildman–Crippen LogP) is 4.44. The zero-order chi connectivity index (χ0) is 14.7. The van der Waals surface area contributed by atoms with Crippen molar-refractivity contribution in [2.24, 2.45) is 0 Å². The molecule has 0 saturated heterocycles. The topological polar surface area (TPSA) is 37.3 Å². The highest BCUT2D eigenvalue weighted by Crippen LogP contribution is 2.27. The van der Waals surface area contributed by atoms with E-state index in [2.05, 4.69) is 0 Å². The minimum absolute atomic E-state index is 0.0106. The van der Waals surface area contributed by atoms with Gasteiger partial charge in [-0.05, 0) is 28.5 Å². The van der Waals surface area contributed by atoms with E-state index in [9.17, 15) is 9.90 Å². The van der Waals surface area contributed by atoms with E-state index in [1.54, 1.807) is 12.1 Å². The second-order valence-electron chi connectivity index (χ2n) is 4.79. The Balaban J connectivity index is 2.02. The molecule has 0 aliphatic heterocycles. The Hall–Kier alpha value is -2.87.